The van der Waals surface area contributed by atoms with E-state index in [9.17, 15) is 14.9 Å². The molecule has 1 aromatic carbocycles. The van der Waals surface area contributed by atoms with Crippen molar-refractivity contribution < 1.29 is 9.72 Å². The van der Waals surface area contributed by atoms with Crippen molar-refractivity contribution in [3.63, 3.8) is 0 Å². The lowest BCUT2D eigenvalue weighted by Gasteiger charge is -2.06. The molecule has 0 bridgehead atoms. The fraction of sp³-hybridized carbons (Fsp3) is 0.300. The molecule has 0 N–H and O–H groups in total. The van der Waals surface area contributed by atoms with Gasteiger partial charge in [-0.1, -0.05) is 6.07 Å². The van der Waals surface area contributed by atoms with Crippen LogP contribution < -0.4 is 0 Å². The standard InChI is InChI=1S/C10H11NO3S/c1-7(12)8(2)15-10-5-3-4-9(6-10)11(13)14/h3-6,8H,1-2H3. The number of carbonyl (C=O) groups is 1. The van der Waals surface area contributed by atoms with Gasteiger partial charge in [0.25, 0.3) is 5.69 Å². The molecule has 0 saturated carbocycles. The second-order valence-corrected chi connectivity index (χ2v) is 4.54. The maximum Gasteiger partial charge on any atom is 0.270 e. The average Bonchev–Trinajstić information content (AvgIpc) is 2.18. The molecule has 0 spiro atoms. The monoisotopic (exact) mass is 225 g/mol. The van der Waals surface area contributed by atoms with Crippen LogP contribution in [0.3, 0.4) is 0 Å². The molecule has 0 amide bonds. The smallest absolute Gasteiger partial charge is 0.270 e. The maximum absolute atomic E-state index is 11.0. The van der Waals surface area contributed by atoms with E-state index in [0.29, 0.717) is 0 Å². The summed E-state index contributed by atoms with van der Waals surface area (Å²) in [5, 5.41) is 10.3. The number of carbonyl (C=O) groups excluding carboxylic acids is 1. The van der Waals surface area contributed by atoms with Crippen LogP contribution in [0.1, 0.15) is 13.8 Å². The van der Waals surface area contributed by atoms with Gasteiger partial charge in [0.1, 0.15) is 5.78 Å². The fourth-order valence-electron chi connectivity index (χ4n) is 0.957. The van der Waals surface area contributed by atoms with Crippen molar-refractivity contribution in [1.29, 1.82) is 0 Å². The minimum atomic E-state index is -0.442. The van der Waals surface area contributed by atoms with Crippen LogP contribution in [0.2, 0.25) is 0 Å². The topological polar surface area (TPSA) is 60.2 Å². The first-order valence-corrected chi connectivity index (χ1v) is 5.30. The number of nitro groups is 1. The Kier molecular flexibility index (Phi) is 3.85. The van der Waals surface area contributed by atoms with Gasteiger partial charge in [-0.15, -0.1) is 11.8 Å². The molecule has 15 heavy (non-hydrogen) atoms. The van der Waals surface area contributed by atoms with E-state index in [-0.39, 0.29) is 16.7 Å². The molecule has 1 rings (SSSR count). The third-order valence-corrected chi connectivity index (χ3v) is 3.13. The molecular formula is C10H11NO3S. The summed E-state index contributed by atoms with van der Waals surface area (Å²) in [4.78, 5) is 21.8. The number of benzene rings is 1. The molecule has 0 heterocycles. The number of Topliss-reactive ketones (excluding diaryl/α,β-unsaturated/α-hetero) is 1. The third-order valence-electron chi connectivity index (χ3n) is 1.91. The summed E-state index contributed by atoms with van der Waals surface area (Å²) < 4.78 is 0. The highest BCUT2D eigenvalue weighted by Crippen LogP contribution is 2.26. The molecule has 0 aliphatic heterocycles. The number of non-ortho nitro benzene ring substituents is 1. The highest BCUT2D eigenvalue weighted by molar-refractivity contribution is 8.00. The second-order valence-electron chi connectivity index (χ2n) is 3.13. The Morgan fingerprint density at radius 3 is 2.73 bits per heavy atom. The quantitative estimate of drug-likeness (QED) is 0.449. The highest BCUT2D eigenvalue weighted by Gasteiger charge is 2.11. The Hall–Kier alpha value is -1.36. The van der Waals surface area contributed by atoms with Gasteiger partial charge in [0, 0.05) is 17.0 Å². The fourth-order valence-corrected chi connectivity index (χ4v) is 1.88. The van der Waals surface area contributed by atoms with E-state index in [1.807, 2.05) is 0 Å². The van der Waals surface area contributed by atoms with Crippen LogP contribution in [0.5, 0.6) is 0 Å². The zero-order valence-corrected chi connectivity index (χ0v) is 9.28. The van der Waals surface area contributed by atoms with Crippen molar-refractivity contribution >= 4 is 23.2 Å². The summed E-state index contributed by atoms with van der Waals surface area (Å²) in [7, 11) is 0. The van der Waals surface area contributed by atoms with Gasteiger partial charge in [-0.2, -0.15) is 0 Å². The van der Waals surface area contributed by atoms with Crippen molar-refractivity contribution in [3.05, 3.63) is 34.4 Å². The zero-order chi connectivity index (χ0) is 11.4. The molecule has 1 unspecified atom stereocenters. The largest absolute Gasteiger partial charge is 0.299 e. The number of rotatable bonds is 4. The third kappa shape index (κ3) is 3.36. The Balaban J connectivity index is 2.82. The Bertz CT molecular complexity index is 392. The molecule has 0 aliphatic carbocycles. The number of nitrogens with zero attached hydrogens (tertiary/aromatic N) is 1. The SMILES string of the molecule is CC(=O)C(C)Sc1cccc([N+](=O)[O-])c1. The summed E-state index contributed by atoms with van der Waals surface area (Å²) in [6, 6.07) is 6.29. The zero-order valence-electron chi connectivity index (χ0n) is 8.47. The lowest BCUT2D eigenvalue weighted by atomic mass is 10.3. The summed E-state index contributed by atoms with van der Waals surface area (Å²) in [6.07, 6.45) is 0. The normalized spacial score (nSPS) is 12.1. The van der Waals surface area contributed by atoms with Crippen LogP contribution in [-0.4, -0.2) is 16.0 Å². The first kappa shape index (κ1) is 11.7. The maximum atomic E-state index is 11.0. The van der Waals surface area contributed by atoms with Gasteiger partial charge < -0.3 is 0 Å². The van der Waals surface area contributed by atoms with Crippen molar-refractivity contribution in [2.24, 2.45) is 0 Å². The second kappa shape index (κ2) is 4.93. The van der Waals surface area contributed by atoms with E-state index in [0.717, 1.165) is 4.90 Å². The predicted octanol–water partition coefficient (Wildman–Crippen LogP) is 2.66. The summed E-state index contributed by atoms with van der Waals surface area (Å²) in [6.45, 7) is 3.29. The molecular weight excluding hydrogens is 214 g/mol. The van der Waals surface area contributed by atoms with E-state index in [1.54, 1.807) is 19.1 Å². The minimum Gasteiger partial charge on any atom is -0.299 e. The molecule has 80 valence electrons. The number of ketones is 1. The lowest BCUT2D eigenvalue weighted by Crippen LogP contribution is -2.07. The molecule has 1 atom stereocenters. The van der Waals surface area contributed by atoms with Gasteiger partial charge in [0.2, 0.25) is 0 Å². The number of thioether (sulfide) groups is 1. The van der Waals surface area contributed by atoms with Crippen LogP contribution in [0.4, 0.5) is 5.69 Å². The van der Waals surface area contributed by atoms with Gasteiger partial charge >= 0.3 is 0 Å². The lowest BCUT2D eigenvalue weighted by molar-refractivity contribution is -0.385. The van der Waals surface area contributed by atoms with E-state index in [2.05, 4.69) is 0 Å². The van der Waals surface area contributed by atoms with E-state index < -0.39 is 4.92 Å². The van der Waals surface area contributed by atoms with Gasteiger partial charge in [-0.3, -0.25) is 14.9 Å². The summed E-state index contributed by atoms with van der Waals surface area (Å²) >= 11 is 1.33. The molecule has 0 aromatic heterocycles. The predicted molar refractivity (Wildman–Crippen MR) is 59.1 cm³/mol. The van der Waals surface area contributed by atoms with Crippen molar-refractivity contribution in [1.82, 2.24) is 0 Å². The van der Waals surface area contributed by atoms with Crippen LogP contribution >= 0.6 is 11.8 Å². The average molecular weight is 225 g/mol. The number of nitro benzene ring substituents is 1. The van der Waals surface area contributed by atoms with E-state index >= 15 is 0 Å². The molecule has 1 aromatic rings. The van der Waals surface area contributed by atoms with Gasteiger partial charge in [0.05, 0.1) is 10.2 Å². The number of hydrogen-bond donors (Lipinski definition) is 0. The minimum absolute atomic E-state index is 0.0516. The number of hydrogen-bond acceptors (Lipinski definition) is 4. The Labute approximate surface area is 91.8 Å². The first-order valence-electron chi connectivity index (χ1n) is 4.42. The van der Waals surface area contributed by atoms with E-state index in [4.69, 9.17) is 0 Å². The van der Waals surface area contributed by atoms with Crippen molar-refractivity contribution in [3.8, 4) is 0 Å². The van der Waals surface area contributed by atoms with Gasteiger partial charge in [0.15, 0.2) is 0 Å². The molecule has 0 fully saturated rings. The van der Waals surface area contributed by atoms with Crippen molar-refractivity contribution in [2.45, 2.75) is 24.0 Å². The van der Waals surface area contributed by atoms with Crippen LogP contribution in [0.15, 0.2) is 29.2 Å². The van der Waals surface area contributed by atoms with Crippen LogP contribution in [0.25, 0.3) is 0 Å². The van der Waals surface area contributed by atoms with Crippen LogP contribution in [0, 0.1) is 10.1 Å². The van der Waals surface area contributed by atoms with Gasteiger partial charge in [-0.25, -0.2) is 0 Å². The molecule has 4 nitrogen and oxygen atoms in total. The van der Waals surface area contributed by atoms with Crippen LogP contribution in [-0.2, 0) is 4.79 Å². The summed E-state index contributed by atoms with van der Waals surface area (Å²) in [5.74, 6) is 0.0616. The molecule has 0 aliphatic rings. The molecule has 0 radical (unpaired) electrons. The first-order chi connectivity index (χ1) is 7.00. The van der Waals surface area contributed by atoms with Crippen molar-refractivity contribution in [2.75, 3.05) is 0 Å². The summed E-state index contributed by atoms with van der Waals surface area (Å²) in [5.41, 5.74) is 0.0516. The highest BCUT2D eigenvalue weighted by atomic mass is 32.2. The molecule has 5 heteroatoms. The van der Waals surface area contributed by atoms with Gasteiger partial charge in [-0.05, 0) is 19.9 Å². The Morgan fingerprint density at radius 1 is 1.53 bits per heavy atom. The molecule has 0 saturated heterocycles. The Morgan fingerprint density at radius 2 is 2.20 bits per heavy atom. The van der Waals surface area contributed by atoms with E-state index in [1.165, 1.54) is 30.8 Å².